The molecular weight excluding hydrogens is 358 g/mol. The van der Waals surface area contributed by atoms with E-state index in [0.29, 0.717) is 11.4 Å². The predicted octanol–water partition coefficient (Wildman–Crippen LogP) is 1.49. The van der Waals surface area contributed by atoms with Crippen molar-refractivity contribution in [2.75, 3.05) is 26.1 Å². The van der Waals surface area contributed by atoms with E-state index in [1.807, 2.05) is 6.07 Å². The molecule has 0 bridgehead atoms. The summed E-state index contributed by atoms with van der Waals surface area (Å²) in [6.45, 7) is -0.490. The molecule has 136 valence electrons. The van der Waals surface area contributed by atoms with Gasteiger partial charge in [-0.15, -0.1) is 0 Å². The van der Waals surface area contributed by atoms with E-state index >= 15 is 0 Å². The number of para-hydroxylation sites is 1. The molecule has 0 aliphatic heterocycles. The molecule has 0 aromatic heterocycles. The van der Waals surface area contributed by atoms with Gasteiger partial charge in [0.15, 0.2) is 11.5 Å². The standard InChI is InChI=1S/C17H17N3O5S/c1-24-15-8-7-13(9-16(15)25-2)26(22,23)19-11-17(21)20-14-6-4-3-5-12(14)10-18/h3-9,19H,11H2,1-2H3,(H,20,21). The zero-order valence-electron chi connectivity index (χ0n) is 14.1. The van der Waals surface area contributed by atoms with Crippen LogP contribution in [0.1, 0.15) is 5.56 Å². The zero-order valence-corrected chi connectivity index (χ0v) is 15.0. The van der Waals surface area contributed by atoms with Crippen LogP contribution in [0.25, 0.3) is 0 Å². The van der Waals surface area contributed by atoms with Crippen LogP contribution in [0.5, 0.6) is 11.5 Å². The average Bonchev–Trinajstić information content (AvgIpc) is 2.66. The third-order valence-corrected chi connectivity index (χ3v) is 4.81. The minimum absolute atomic E-state index is 0.0691. The van der Waals surface area contributed by atoms with Crippen molar-refractivity contribution in [3.8, 4) is 17.6 Å². The topological polar surface area (TPSA) is 118 Å². The van der Waals surface area contributed by atoms with Gasteiger partial charge in [-0.25, -0.2) is 13.1 Å². The Labute approximate surface area is 151 Å². The summed E-state index contributed by atoms with van der Waals surface area (Å²) < 4.78 is 37.0. The number of hydrogen-bond donors (Lipinski definition) is 2. The molecule has 1 amide bonds. The van der Waals surface area contributed by atoms with Crippen LogP contribution in [0.2, 0.25) is 0 Å². The zero-order chi connectivity index (χ0) is 19.2. The second kappa shape index (κ2) is 8.33. The molecule has 0 unspecified atom stereocenters. The number of sulfonamides is 1. The summed E-state index contributed by atoms with van der Waals surface area (Å²) in [6, 6.07) is 12.5. The third kappa shape index (κ3) is 4.50. The molecular formula is C17H17N3O5S. The van der Waals surface area contributed by atoms with Crippen LogP contribution in [0.15, 0.2) is 47.4 Å². The molecule has 0 radical (unpaired) electrons. The molecule has 8 nitrogen and oxygen atoms in total. The number of methoxy groups -OCH3 is 2. The Morgan fingerprint density at radius 3 is 2.46 bits per heavy atom. The highest BCUT2D eigenvalue weighted by molar-refractivity contribution is 7.89. The van der Waals surface area contributed by atoms with Gasteiger partial charge in [0.05, 0.1) is 36.9 Å². The van der Waals surface area contributed by atoms with E-state index in [4.69, 9.17) is 14.7 Å². The molecule has 2 rings (SSSR count). The molecule has 0 spiro atoms. The van der Waals surface area contributed by atoms with Crippen LogP contribution in [-0.2, 0) is 14.8 Å². The summed E-state index contributed by atoms with van der Waals surface area (Å²) in [5, 5.41) is 11.5. The van der Waals surface area contributed by atoms with Gasteiger partial charge in [-0.2, -0.15) is 5.26 Å². The number of rotatable bonds is 7. The van der Waals surface area contributed by atoms with Crippen molar-refractivity contribution < 1.29 is 22.7 Å². The number of hydrogen-bond acceptors (Lipinski definition) is 6. The van der Waals surface area contributed by atoms with E-state index in [1.165, 1.54) is 32.4 Å². The highest BCUT2D eigenvalue weighted by atomic mass is 32.2. The molecule has 0 fully saturated rings. The summed E-state index contributed by atoms with van der Waals surface area (Å²) in [4.78, 5) is 11.9. The maximum absolute atomic E-state index is 12.3. The fourth-order valence-corrected chi connectivity index (χ4v) is 3.11. The van der Waals surface area contributed by atoms with E-state index in [1.54, 1.807) is 24.3 Å². The van der Waals surface area contributed by atoms with Crippen molar-refractivity contribution in [2.24, 2.45) is 0 Å². The number of ether oxygens (including phenoxy) is 2. The first kappa shape index (κ1) is 19.2. The molecule has 9 heteroatoms. The van der Waals surface area contributed by atoms with Crippen molar-refractivity contribution in [1.29, 1.82) is 5.26 Å². The van der Waals surface area contributed by atoms with Crippen LogP contribution in [0.3, 0.4) is 0 Å². The molecule has 2 aromatic carbocycles. The minimum Gasteiger partial charge on any atom is -0.493 e. The summed E-state index contributed by atoms with van der Waals surface area (Å²) in [5.74, 6) is 0.0387. The molecule has 26 heavy (non-hydrogen) atoms. The van der Waals surface area contributed by atoms with E-state index in [9.17, 15) is 13.2 Å². The van der Waals surface area contributed by atoms with Gasteiger partial charge in [-0.1, -0.05) is 12.1 Å². The van der Waals surface area contributed by atoms with Crippen molar-refractivity contribution in [1.82, 2.24) is 4.72 Å². The van der Waals surface area contributed by atoms with Gasteiger partial charge in [0, 0.05) is 6.07 Å². The van der Waals surface area contributed by atoms with Gasteiger partial charge < -0.3 is 14.8 Å². The molecule has 0 aliphatic rings. The van der Waals surface area contributed by atoms with Gasteiger partial charge in [-0.05, 0) is 24.3 Å². The summed E-state index contributed by atoms with van der Waals surface area (Å²) >= 11 is 0. The fraction of sp³-hybridized carbons (Fsp3) is 0.176. The highest BCUT2D eigenvalue weighted by Gasteiger charge is 2.18. The Kier molecular flexibility index (Phi) is 6.16. The first-order valence-electron chi connectivity index (χ1n) is 7.42. The second-order valence-corrected chi connectivity index (χ2v) is 6.81. The Balaban J connectivity index is 2.08. The summed E-state index contributed by atoms with van der Waals surface area (Å²) in [6.07, 6.45) is 0. The van der Waals surface area contributed by atoms with Crippen LogP contribution >= 0.6 is 0 Å². The number of carbonyl (C=O) groups excluding carboxylic acids is 1. The largest absolute Gasteiger partial charge is 0.493 e. The maximum Gasteiger partial charge on any atom is 0.241 e. The number of amides is 1. The maximum atomic E-state index is 12.3. The minimum atomic E-state index is -3.93. The van der Waals surface area contributed by atoms with Gasteiger partial charge in [0.1, 0.15) is 6.07 Å². The average molecular weight is 375 g/mol. The summed E-state index contributed by atoms with van der Waals surface area (Å²) in [5.41, 5.74) is 0.592. The van der Waals surface area contributed by atoms with E-state index in [0.717, 1.165) is 0 Å². The quantitative estimate of drug-likeness (QED) is 0.757. The number of benzene rings is 2. The lowest BCUT2D eigenvalue weighted by Crippen LogP contribution is -2.33. The summed E-state index contributed by atoms with van der Waals surface area (Å²) in [7, 11) is -1.10. The third-order valence-electron chi connectivity index (χ3n) is 3.41. The molecule has 0 saturated heterocycles. The Morgan fingerprint density at radius 1 is 1.12 bits per heavy atom. The first-order valence-corrected chi connectivity index (χ1v) is 8.90. The SMILES string of the molecule is COc1ccc(S(=O)(=O)NCC(=O)Nc2ccccc2C#N)cc1OC. The van der Waals surface area contributed by atoms with Crippen LogP contribution in [0, 0.1) is 11.3 Å². The molecule has 2 N–H and O–H groups in total. The predicted molar refractivity (Wildman–Crippen MR) is 94.5 cm³/mol. The number of anilines is 1. The lowest BCUT2D eigenvalue weighted by atomic mass is 10.2. The monoisotopic (exact) mass is 375 g/mol. The van der Waals surface area contributed by atoms with Crippen molar-refractivity contribution in [2.45, 2.75) is 4.90 Å². The van der Waals surface area contributed by atoms with E-state index in [-0.39, 0.29) is 16.2 Å². The molecule has 0 atom stereocenters. The van der Waals surface area contributed by atoms with Gasteiger partial charge in [-0.3, -0.25) is 4.79 Å². The molecule has 0 aliphatic carbocycles. The number of nitrogens with zero attached hydrogens (tertiary/aromatic N) is 1. The fourth-order valence-electron chi connectivity index (χ4n) is 2.11. The normalized spacial score (nSPS) is 10.7. The number of nitriles is 1. The van der Waals surface area contributed by atoms with E-state index < -0.39 is 22.5 Å². The number of carbonyl (C=O) groups is 1. The highest BCUT2D eigenvalue weighted by Crippen LogP contribution is 2.29. The van der Waals surface area contributed by atoms with Gasteiger partial charge >= 0.3 is 0 Å². The molecule has 2 aromatic rings. The lowest BCUT2D eigenvalue weighted by molar-refractivity contribution is -0.115. The molecule has 0 heterocycles. The van der Waals surface area contributed by atoms with Gasteiger partial charge in [0.25, 0.3) is 0 Å². The Hall–Kier alpha value is -3.09. The van der Waals surface area contributed by atoms with Crippen molar-refractivity contribution >= 4 is 21.6 Å². The van der Waals surface area contributed by atoms with Crippen molar-refractivity contribution in [3.05, 3.63) is 48.0 Å². The van der Waals surface area contributed by atoms with Crippen LogP contribution in [0.4, 0.5) is 5.69 Å². The lowest BCUT2D eigenvalue weighted by Gasteiger charge is -2.11. The molecule has 0 saturated carbocycles. The van der Waals surface area contributed by atoms with Crippen LogP contribution in [-0.4, -0.2) is 35.1 Å². The van der Waals surface area contributed by atoms with Crippen LogP contribution < -0.4 is 19.5 Å². The van der Waals surface area contributed by atoms with E-state index in [2.05, 4.69) is 10.0 Å². The second-order valence-electron chi connectivity index (χ2n) is 5.05. The van der Waals surface area contributed by atoms with Gasteiger partial charge in [0.2, 0.25) is 15.9 Å². The Bertz CT molecular complexity index is 951. The van der Waals surface area contributed by atoms with Crippen molar-refractivity contribution in [3.63, 3.8) is 0 Å². The number of nitrogens with one attached hydrogen (secondary N) is 2. The first-order chi connectivity index (χ1) is 12.4. The smallest absolute Gasteiger partial charge is 0.241 e. The Morgan fingerprint density at radius 2 is 1.81 bits per heavy atom.